The number of rotatable bonds is 4. The van der Waals surface area contributed by atoms with Crippen LogP contribution in [0.5, 0.6) is 5.75 Å². The maximum absolute atomic E-state index is 13.6. The highest BCUT2D eigenvalue weighted by atomic mass is 35.5. The first-order valence-electron chi connectivity index (χ1n) is 6.31. The Bertz CT molecular complexity index is 719. The summed E-state index contributed by atoms with van der Waals surface area (Å²) in [6.07, 6.45) is -4.51. The van der Waals surface area contributed by atoms with Crippen LogP contribution in [-0.4, -0.2) is 12.5 Å². The number of alkyl halides is 3. The van der Waals surface area contributed by atoms with Gasteiger partial charge in [-0.2, -0.15) is 13.2 Å². The van der Waals surface area contributed by atoms with Crippen LogP contribution in [0, 0.1) is 5.82 Å². The summed E-state index contributed by atoms with van der Waals surface area (Å²) in [6, 6.07) is 8.14. The van der Waals surface area contributed by atoms with Crippen molar-refractivity contribution in [2.45, 2.75) is 6.18 Å². The Morgan fingerprint density at radius 2 is 1.87 bits per heavy atom. The number of ether oxygens (including phenoxy) is 1. The first-order chi connectivity index (χ1) is 10.8. The molecule has 2 aromatic carbocycles. The summed E-state index contributed by atoms with van der Waals surface area (Å²) in [5.74, 6) is -1.66. The molecular weight excluding hydrogens is 338 g/mol. The zero-order valence-electron chi connectivity index (χ0n) is 11.5. The van der Waals surface area contributed by atoms with Crippen molar-refractivity contribution in [3.8, 4) is 5.75 Å². The molecule has 0 aliphatic heterocycles. The lowest BCUT2D eigenvalue weighted by molar-refractivity contribution is -0.137. The van der Waals surface area contributed by atoms with Crippen molar-refractivity contribution in [3.05, 3.63) is 58.9 Å². The van der Waals surface area contributed by atoms with Gasteiger partial charge in [0.25, 0.3) is 5.91 Å². The van der Waals surface area contributed by atoms with Gasteiger partial charge in [0.2, 0.25) is 0 Å². The molecule has 8 heteroatoms. The Balaban J connectivity index is 1.98. The van der Waals surface area contributed by atoms with Crippen LogP contribution in [0.15, 0.2) is 42.5 Å². The van der Waals surface area contributed by atoms with Crippen LogP contribution in [0.2, 0.25) is 5.02 Å². The van der Waals surface area contributed by atoms with Crippen molar-refractivity contribution >= 4 is 23.2 Å². The molecule has 0 fully saturated rings. The molecule has 0 heterocycles. The van der Waals surface area contributed by atoms with E-state index in [9.17, 15) is 22.4 Å². The second-order valence-electron chi connectivity index (χ2n) is 4.46. The fourth-order valence-corrected chi connectivity index (χ4v) is 1.87. The minimum absolute atomic E-state index is 0.124. The average molecular weight is 348 g/mol. The Morgan fingerprint density at radius 3 is 2.57 bits per heavy atom. The van der Waals surface area contributed by atoms with E-state index in [-0.39, 0.29) is 16.5 Å². The number of carbonyl (C=O) groups excluding carboxylic acids is 1. The summed E-state index contributed by atoms with van der Waals surface area (Å²) in [5.41, 5.74) is -1.04. The summed E-state index contributed by atoms with van der Waals surface area (Å²) >= 11 is 5.57. The van der Waals surface area contributed by atoms with Crippen molar-refractivity contribution in [2.24, 2.45) is 0 Å². The fraction of sp³-hybridized carbons (Fsp3) is 0.133. The maximum atomic E-state index is 13.6. The highest BCUT2D eigenvalue weighted by Gasteiger charge is 2.30. The summed E-state index contributed by atoms with van der Waals surface area (Å²) in [6.45, 7) is -0.576. The lowest BCUT2D eigenvalue weighted by Gasteiger charge is -2.11. The van der Waals surface area contributed by atoms with Gasteiger partial charge in [-0.15, -0.1) is 0 Å². The molecule has 122 valence electrons. The third-order valence-corrected chi connectivity index (χ3v) is 3.05. The van der Waals surface area contributed by atoms with Gasteiger partial charge in [0.1, 0.15) is 5.75 Å². The van der Waals surface area contributed by atoms with E-state index in [4.69, 9.17) is 16.3 Å². The van der Waals surface area contributed by atoms with E-state index in [1.165, 1.54) is 24.3 Å². The molecule has 0 saturated heterocycles. The Labute approximate surface area is 133 Å². The summed E-state index contributed by atoms with van der Waals surface area (Å²) < 4.78 is 56.2. The number of nitrogens with one attached hydrogen (secondary N) is 1. The van der Waals surface area contributed by atoms with Gasteiger partial charge in [-0.05, 0) is 30.3 Å². The first kappa shape index (κ1) is 17.1. The fourth-order valence-electron chi connectivity index (χ4n) is 1.70. The van der Waals surface area contributed by atoms with E-state index in [1.54, 1.807) is 0 Å². The van der Waals surface area contributed by atoms with E-state index in [2.05, 4.69) is 5.32 Å². The van der Waals surface area contributed by atoms with Crippen molar-refractivity contribution in [3.63, 3.8) is 0 Å². The zero-order chi connectivity index (χ0) is 17.0. The topological polar surface area (TPSA) is 38.3 Å². The molecule has 0 spiro atoms. The van der Waals surface area contributed by atoms with E-state index in [0.717, 1.165) is 18.2 Å². The van der Waals surface area contributed by atoms with Crippen LogP contribution < -0.4 is 10.1 Å². The molecule has 2 aromatic rings. The highest BCUT2D eigenvalue weighted by Crippen LogP contribution is 2.31. The highest BCUT2D eigenvalue weighted by molar-refractivity contribution is 6.31. The predicted molar refractivity (Wildman–Crippen MR) is 77.0 cm³/mol. The summed E-state index contributed by atoms with van der Waals surface area (Å²) in [5, 5.41) is 2.06. The second-order valence-corrected chi connectivity index (χ2v) is 4.87. The monoisotopic (exact) mass is 347 g/mol. The van der Waals surface area contributed by atoms with Crippen molar-refractivity contribution in [1.82, 2.24) is 0 Å². The van der Waals surface area contributed by atoms with Crippen LogP contribution in [0.25, 0.3) is 0 Å². The maximum Gasteiger partial charge on any atom is 0.416 e. The minimum Gasteiger partial charge on any atom is -0.484 e. The van der Waals surface area contributed by atoms with E-state index in [1.807, 2.05) is 0 Å². The number of carbonyl (C=O) groups is 1. The van der Waals surface area contributed by atoms with Gasteiger partial charge >= 0.3 is 6.18 Å². The zero-order valence-corrected chi connectivity index (χ0v) is 12.2. The molecule has 0 aromatic heterocycles. The predicted octanol–water partition coefficient (Wildman–Crippen LogP) is 4.52. The number of benzene rings is 2. The normalized spacial score (nSPS) is 11.2. The largest absolute Gasteiger partial charge is 0.484 e. The molecule has 23 heavy (non-hydrogen) atoms. The van der Waals surface area contributed by atoms with Crippen LogP contribution in [0.4, 0.5) is 23.2 Å². The molecule has 0 unspecified atom stereocenters. The summed E-state index contributed by atoms with van der Waals surface area (Å²) in [7, 11) is 0. The smallest absolute Gasteiger partial charge is 0.416 e. The second kappa shape index (κ2) is 6.87. The number of anilines is 1. The number of halogens is 5. The minimum atomic E-state index is -4.51. The van der Waals surface area contributed by atoms with Crippen molar-refractivity contribution in [2.75, 3.05) is 11.9 Å². The molecule has 0 aliphatic rings. The number of amides is 1. The Kier molecular flexibility index (Phi) is 5.10. The van der Waals surface area contributed by atoms with Gasteiger partial charge in [0.05, 0.1) is 16.3 Å². The van der Waals surface area contributed by atoms with Crippen molar-refractivity contribution in [1.29, 1.82) is 0 Å². The van der Waals surface area contributed by atoms with Crippen molar-refractivity contribution < 1.29 is 27.1 Å². The molecule has 2 rings (SSSR count). The number of hydrogen-bond donors (Lipinski definition) is 1. The molecule has 0 atom stereocenters. The number of hydrogen-bond acceptors (Lipinski definition) is 2. The van der Waals surface area contributed by atoms with Gasteiger partial charge in [-0.3, -0.25) is 4.79 Å². The molecule has 0 bridgehead atoms. The van der Waals surface area contributed by atoms with Crippen LogP contribution >= 0.6 is 11.6 Å². The van der Waals surface area contributed by atoms with Gasteiger partial charge in [0.15, 0.2) is 12.4 Å². The third-order valence-electron chi connectivity index (χ3n) is 2.76. The molecule has 1 N–H and O–H groups in total. The molecule has 0 aliphatic carbocycles. The molecule has 3 nitrogen and oxygen atoms in total. The molecular formula is C15H10ClF4NO2. The van der Waals surface area contributed by atoms with Crippen LogP contribution in [0.3, 0.4) is 0 Å². The van der Waals surface area contributed by atoms with Gasteiger partial charge in [-0.1, -0.05) is 23.7 Å². The first-order valence-corrected chi connectivity index (χ1v) is 6.69. The quantitative estimate of drug-likeness (QED) is 0.826. The Morgan fingerprint density at radius 1 is 1.17 bits per heavy atom. The molecule has 0 saturated carbocycles. The third kappa shape index (κ3) is 4.59. The molecule has 1 amide bonds. The van der Waals surface area contributed by atoms with E-state index < -0.39 is 30.1 Å². The average Bonchev–Trinajstić information content (AvgIpc) is 2.49. The summed E-state index contributed by atoms with van der Waals surface area (Å²) in [4.78, 5) is 11.7. The van der Waals surface area contributed by atoms with E-state index >= 15 is 0 Å². The Hall–Kier alpha value is -2.28. The van der Waals surface area contributed by atoms with E-state index in [0.29, 0.717) is 0 Å². The van der Waals surface area contributed by atoms with Crippen LogP contribution in [0.1, 0.15) is 5.56 Å². The lowest BCUT2D eigenvalue weighted by Crippen LogP contribution is -2.21. The SMILES string of the molecule is O=C(COc1cccc(C(F)(F)F)c1)Nc1cccc(Cl)c1F. The van der Waals surface area contributed by atoms with Gasteiger partial charge in [-0.25, -0.2) is 4.39 Å². The van der Waals surface area contributed by atoms with Gasteiger partial charge in [0, 0.05) is 0 Å². The molecule has 0 radical (unpaired) electrons. The lowest BCUT2D eigenvalue weighted by atomic mass is 10.2. The van der Waals surface area contributed by atoms with Gasteiger partial charge < -0.3 is 10.1 Å². The van der Waals surface area contributed by atoms with Crippen LogP contribution in [-0.2, 0) is 11.0 Å². The standard InChI is InChI=1S/C15H10ClF4NO2/c16-11-5-2-6-12(14(11)17)21-13(22)8-23-10-4-1-3-9(7-10)15(18,19)20/h1-7H,8H2,(H,21,22).